The molecule has 8 aromatic carbocycles. The van der Waals surface area contributed by atoms with Crippen molar-refractivity contribution in [1.82, 2.24) is 0 Å². The topological polar surface area (TPSA) is 0 Å². The molecule has 0 atom stereocenters. The van der Waals surface area contributed by atoms with Crippen LogP contribution in [-0.4, -0.2) is 49.3 Å². The summed E-state index contributed by atoms with van der Waals surface area (Å²) in [6.45, 7) is 28.0. The maximum atomic E-state index is 2.44. The molecule has 0 saturated heterocycles. The van der Waals surface area contributed by atoms with Crippen LogP contribution in [0.4, 0.5) is 0 Å². The smallest absolute Gasteiger partial charge is 1.00 e. The van der Waals surface area contributed by atoms with Crippen molar-refractivity contribution in [2.45, 2.75) is 134 Å². The summed E-state index contributed by atoms with van der Waals surface area (Å²) >= 11 is 0. The van der Waals surface area contributed by atoms with Crippen molar-refractivity contribution >= 4 is 96.0 Å². The van der Waals surface area contributed by atoms with Gasteiger partial charge in [0.05, 0.1) is 0 Å². The molecule has 0 aliphatic carbocycles. The molecular weight excluding hydrogens is 1190 g/mol. The number of benzene rings is 4. The Morgan fingerprint density at radius 1 is 0.316 bits per heavy atom. The van der Waals surface area contributed by atoms with E-state index in [1.165, 1.54) is 144 Å². The van der Waals surface area contributed by atoms with Crippen LogP contribution in [0, 0.1) is 23.7 Å². The molecule has 0 heterocycles. The van der Waals surface area contributed by atoms with E-state index in [-0.39, 0.29) is 109 Å². The quantitative estimate of drug-likeness (QED) is 0.0418. The van der Waals surface area contributed by atoms with E-state index in [4.69, 9.17) is 0 Å². The maximum Gasteiger partial charge on any atom is 2.00 e. The predicted molar refractivity (Wildman–Crippen MR) is 342 cm³/mol. The first-order chi connectivity index (χ1) is 34.8. The molecule has 412 valence electrons. The van der Waals surface area contributed by atoms with E-state index in [9.17, 15) is 0 Å². The Morgan fingerprint density at radius 2 is 0.513 bits per heavy atom. The zero-order valence-corrected chi connectivity index (χ0v) is 59.0. The van der Waals surface area contributed by atoms with E-state index in [0.29, 0.717) is 0 Å². The second-order valence-electron chi connectivity index (χ2n) is 22.1. The summed E-state index contributed by atoms with van der Waals surface area (Å²) in [5.74, 6) is 3.20. The fourth-order valence-electron chi connectivity index (χ4n) is 9.74. The Morgan fingerprint density at radius 3 is 0.697 bits per heavy atom. The van der Waals surface area contributed by atoms with Gasteiger partial charge in [-0.1, -0.05) is 165 Å². The number of hydrogen-bond donors (Lipinski definition) is 0. The number of halogens is 2. The normalized spacial score (nSPS) is 11.2. The van der Waals surface area contributed by atoms with Gasteiger partial charge in [-0.2, -0.15) is 24.3 Å². The predicted octanol–water partition coefficient (Wildman–Crippen LogP) is 14.5. The maximum absolute atomic E-state index is 2.44. The second kappa shape index (κ2) is 40.6. The van der Waals surface area contributed by atoms with E-state index in [0.717, 1.165) is 23.7 Å². The Hall–Kier alpha value is -0.614. The molecule has 8 aromatic rings. The summed E-state index contributed by atoms with van der Waals surface area (Å²) in [5.41, 5.74) is 0. The van der Waals surface area contributed by atoms with Crippen LogP contribution in [0.5, 0.6) is 0 Å². The van der Waals surface area contributed by atoms with Crippen molar-refractivity contribution in [3.8, 4) is 0 Å². The van der Waals surface area contributed by atoms with E-state index in [2.05, 4.69) is 229 Å². The molecule has 0 spiro atoms. The first-order valence-electron chi connectivity index (χ1n) is 28.4. The summed E-state index contributed by atoms with van der Waals surface area (Å²) in [6.07, 6.45) is 22.0. The molecular formula is C68H96Cl2P4Zr2-2. The third-order valence-electron chi connectivity index (χ3n) is 13.3. The Balaban J connectivity index is 0.000000498. The molecule has 0 bridgehead atoms. The molecule has 0 nitrogen and oxygen atoms in total. The molecule has 0 aliphatic rings. The molecule has 8 heteroatoms. The number of rotatable bonds is 24. The van der Waals surface area contributed by atoms with Crippen molar-refractivity contribution < 1.29 is 77.2 Å². The summed E-state index contributed by atoms with van der Waals surface area (Å²) in [6, 6.07) is 54.5. The Kier molecular flexibility index (Phi) is 39.2. The van der Waals surface area contributed by atoms with Gasteiger partial charge in [0.1, 0.15) is 0 Å². The van der Waals surface area contributed by atoms with Crippen LogP contribution in [0.2, 0.25) is 0 Å². The number of unbranched alkanes of at least 4 members (excludes halogenated alkanes) is 4. The minimum atomic E-state index is 0. The monoisotopic (exact) mass is 1290 g/mol. The zero-order valence-electron chi connectivity index (χ0n) is 49.0. The standard InChI is InChI=1S/4C17H24P.2ClH.2Zr/c2*1-13(2)11-18(12-14(3)4)17-9-15-7-5-6-8-16(15)10-17;2*1-3-5-11-18(12-6-4-2)17-13-15-9-7-8-10-16(15)14-17;;;;/h2*5-10,13-14H,11-12H2,1-4H3;2*7-10,13-14H,3-6,11-12H2,1-2H3;2*1H;;/q4*-1;;;2*+2/p-2. The summed E-state index contributed by atoms with van der Waals surface area (Å²) < 4.78 is 0. The summed E-state index contributed by atoms with van der Waals surface area (Å²) in [7, 11) is 0.208. The molecule has 0 aromatic heterocycles. The molecule has 76 heavy (non-hydrogen) atoms. The molecule has 8 rings (SSSR count). The van der Waals surface area contributed by atoms with Crippen LogP contribution in [0.15, 0.2) is 146 Å². The van der Waals surface area contributed by atoms with Crippen LogP contribution in [0.25, 0.3) is 43.1 Å². The van der Waals surface area contributed by atoms with Gasteiger partial charge < -0.3 is 24.8 Å². The second-order valence-corrected chi connectivity index (χ2v) is 31.8. The summed E-state index contributed by atoms with van der Waals surface area (Å²) in [5, 5.41) is 17.8. The van der Waals surface area contributed by atoms with Gasteiger partial charge in [0.25, 0.3) is 0 Å². The largest absolute Gasteiger partial charge is 2.00 e. The first kappa shape index (κ1) is 73.4. The fraction of sp³-hybridized carbons (Fsp3) is 0.471. The average Bonchev–Trinajstić information content (AvgIpc) is 4.18. The van der Waals surface area contributed by atoms with Gasteiger partial charge in [0, 0.05) is 0 Å². The van der Waals surface area contributed by atoms with Gasteiger partial charge in [0.2, 0.25) is 0 Å². The third-order valence-corrected chi connectivity index (χ3v) is 25.4. The fourth-order valence-corrected chi connectivity index (χ4v) is 21.2. The van der Waals surface area contributed by atoms with E-state index in [1.54, 1.807) is 21.2 Å². The van der Waals surface area contributed by atoms with Gasteiger partial charge in [-0.15, -0.1) is 161 Å². The van der Waals surface area contributed by atoms with Crippen LogP contribution < -0.4 is 46.0 Å². The van der Waals surface area contributed by atoms with Gasteiger partial charge in [-0.05, 0) is 98.7 Å². The zero-order chi connectivity index (χ0) is 51.8. The van der Waals surface area contributed by atoms with Crippen molar-refractivity contribution in [2.24, 2.45) is 23.7 Å². The van der Waals surface area contributed by atoms with Crippen LogP contribution in [0.1, 0.15) is 134 Å². The Labute approximate surface area is 521 Å². The molecule has 0 amide bonds. The Bertz CT molecular complexity index is 2330. The summed E-state index contributed by atoms with van der Waals surface area (Å²) in [4.78, 5) is 0. The first-order valence-corrected chi connectivity index (χ1v) is 35.3. The van der Waals surface area contributed by atoms with Gasteiger partial charge in [-0.25, -0.2) is 0 Å². The minimum Gasteiger partial charge on any atom is -1.00 e. The average molecular weight is 1290 g/mol. The van der Waals surface area contributed by atoms with Gasteiger partial charge in [0.15, 0.2) is 0 Å². The van der Waals surface area contributed by atoms with Crippen LogP contribution >= 0.6 is 31.7 Å². The van der Waals surface area contributed by atoms with Crippen LogP contribution in [-0.2, 0) is 52.4 Å². The van der Waals surface area contributed by atoms with E-state index in [1.807, 2.05) is 0 Å². The van der Waals surface area contributed by atoms with Gasteiger partial charge >= 0.3 is 52.4 Å². The molecule has 0 fully saturated rings. The third kappa shape index (κ3) is 25.3. The number of fused-ring (bicyclic) bond motifs is 4. The van der Waals surface area contributed by atoms with Crippen molar-refractivity contribution in [3.05, 3.63) is 146 Å². The molecule has 0 aliphatic heterocycles. The SMILES string of the molecule is CC(C)CP(CC(C)C)c1cc2ccccc2[cH-]1.CC(C)CP(CC(C)C)c1cc2ccccc2[cH-]1.CCCCP(CCCC)c1cc2ccccc2[cH-]1.CCCCP(CCCC)c1cc2ccccc2[cH-]1.[Cl-].[Cl-].[Zr+2].[Zr+2]. The van der Waals surface area contributed by atoms with E-state index >= 15 is 0 Å². The number of hydrogen-bond acceptors (Lipinski definition) is 0. The van der Waals surface area contributed by atoms with Crippen molar-refractivity contribution in [1.29, 1.82) is 0 Å². The molecule has 0 saturated carbocycles. The molecule has 0 N–H and O–H groups in total. The van der Waals surface area contributed by atoms with Crippen molar-refractivity contribution in [2.75, 3.05) is 49.3 Å². The minimum absolute atomic E-state index is 0. The van der Waals surface area contributed by atoms with Crippen molar-refractivity contribution in [3.63, 3.8) is 0 Å². The van der Waals surface area contributed by atoms with Gasteiger partial charge in [-0.3, -0.25) is 0 Å². The van der Waals surface area contributed by atoms with Crippen LogP contribution in [0.3, 0.4) is 0 Å². The van der Waals surface area contributed by atoms with E-state index < -0.39 is 0 Å². The molecule has 0 radical (unpaired) electrons. The molecule has 0 unspecified atom stereocenters.